The van der Waals surface area contributed by atoms with E-state index in [1.54, 1.807) is 0 Å². The van der Waals surface area contributed by atoms with Crippen LogP contribution in [0.25, 0.3) is 0 Å². The van der Waals surface area contributed by atoms with Crippen LogP contribution >= 0.6 is 0 Å². The van der Waals surface area contributed by atoms with Crippen LogP contribution in [0.1, 0.15) is 73.1 Å². The van der Waals surface area contributed by atoms with Crippen molar-refractivity contribution in [2.45, 2.75) is 76.7 Å². The van der Waals surface area contributed by atoms with Gasteiger partial charge in [0.2, 0.25) is 5.91 Å². The number of nitrogens with one attached hydrogen (secondary N) is 2. The Hall–Kier alpha value is -3.75. The van der Waals surface area contributed by atoms with Gasteiger partial charge < -0.3 is 25.4 Å². The molecule has 2 aliphatic rings. The molecule has 0 saturated carbocycles. The van der Waals surface area contributed by atoms with Crippen molar-refractivity contribution in [3.05, 3.63) is 94.8 Å². The molecule has 0 aromatic heterocycles. The van der Waals surface area contributed by atoms with Crippen molar-refractivity contribution < 1.29 is 23.8 Å². The highest BCUT2D eigenvalue weighted by Gasteiger charge is 2.35. The summed E-state index contributed by atoms with van der Waals surface area (Å²) >= 11 is 0. The van der Waals surface area contributed by atoms with Crippen LogP contribution in [-0.2, 0) is 17.6 Å². The third-order valence-corrected chi connectivity index (χ3v) is 8.17. The molecule has 0 radical (unpaired) electrons. The van der Waals surface area contributed by atoms with Crippen LogP contribution in [0.5, 0.6) is 5.75 Å². The molecule has 1 saturated heterocycles. The summed E-state index contributed by atoms with van der Waals surface area (Å²) in [5.41, 5.74) is 3.22. The van der Waals surface area contributed by atoms with E-state index in [9.17, 15) is 19.1 Å². The highest BCUT2D eigenvalue weighted by molar-refractivity contribution is 5.99. The lowest BCUT2D eigenvalue weighted by Gasteiger charge is -2.39. The second-order valence-corrected chi connectivity index (χ2v) is 11.9. The lowest BCUT2D eigenvalue weighted by atomic mass is 9.88. The van der Waals surface area contributed by atoms with Crippen molar-refractivity contribution in [2.75, 3.05) is 18.0 Å². The Bertz CT molecular complexity index is 1430. The number of ether oxygens (including phenoxy) is 1. The van der Waals surface area contributed by atoms with Gasteiger partial charge in [0, 0.05) is 43.1 Å². The summed E-state index contributed by atoms with van der Waals surface area (Å²) < 4.78 is 20.9. The molecular weight excluding hydrogens is 533 g/mol. The summed E-state index contributed by atoms with van der Waals surface area (Å²) in [5.74, 6) is -0.294. The van der Waals surface area contributed by atoms with Gasteiger partial charge in [-0.25, -0.2) is 4.39 Å². The molecule has 0 bridgehead atoms. The van der Waals surface area contributed by atoms with Gasteiger partial charge in [0.1, 0.15) is 17.2 Å². The molecule has 1 fully saturated rings. The first kappa shape index (κ1) is 29.7. The van der Waals surface area contributed by atoms with Gasteiger partial charge in [0.25, 0.3) is 5.91 Å². The fourth-order valence-electron chi connectivity index (χ4n) is 5.88. The molecule has 5 rings (SSSR count). The molecule has 222 valence electrons. The van der Waals surface area contributed by atoms with Crippen LogP contribution < -0.4 is 20.3 Å². The second-order valence-electron chi connectivity index (χ2n) is 11.9. The minimum Gasteiger partial charge on any atom is -0.487 e. The number of benzene rings is 3. The molecule has 0 aliphatic carbocycles. The number of halogens is 1. The van der Waals surface area contributed by atoms with E-state index in [4.69, 9.17) is 4.74 Å². The smallest absolute Gasteiger partial charge is 0.251 e. The molecule has 3 aromatic carbocycles. The Labute approximate surface area is 247 Å². The van der Waals surface area contributed by atoms with E-state index in [0.29, 0.717) is 25.8 Å². The first-order valence-electron chi connectivity index (χ1n) is 14.8. The van der Waals surface area contributed by atoms with Crippen molar-refractivity contribution in [1.82, 2.24) is 10.6 Å². The standard InChI is InChI=1S/C34H40FN3O4/c1-4-22-12-15-31-25(17-22)28(20-34(2,3)42-31)36-21-30(39)27(18-23-9-6-5-7-10-23)37-33(41)24-13-14-26(35)29(19-24)38-16-8-11-32(38)40/h5-7,9-10,12-15,17,19,27-28,30,36,39H,4,8,11,16,18,20-21H2,1-3H3,(H,37,41)/t27-,28-,30-/m0/s1. The average Bonchev–Trinajstić information content (AvgIpc) is 3.40. The Kier molecular flexibility index (Phi) is 8.94. The number of rotatable bonds is 10. The Morgan fingerprint density at radius 1 is 1.12 bits per heavy atom. The van der Waals surface area contributed by atoms with Crippen LogP contribution in [0.2, 0.25) is 0 Å². The minimum absolute atomic E-state index is 0.0318. The molecule has 3 aromatic rings. The zero-order valence-corrected chi connectivity index (χ0v) is 24.5. The van der Waals surface area contributed by atoms with Crippen LogP contribution in [0, 0.1) is 5.82 Å². The second kappa shape index (κ2) is 12.6. The molecule has 2 amide bonds. The number of carbonyl (C=O) groups excluding carboxylic acids is 2. The van der Waals surface area contributed by atoms with Gasteiger partial charge in [-0.15, -0.1) is 0 Å². The van der Waals surface area contributed by atoms with Gasteiger partial charge in [-0.1, -0.05) is 49.4 Å². The summed E-state index contributed by atoms with van der Waals surface area (Å²) in [6.45, 7) is 6.89. The van der Waals surface area contributed by atoms with Crippen LogP contribution in [0.3, 0.4) is 0 Å². The van der Waals surface area contributed by atoms with Gasteiger partial charge in [0.05, 0.1) is 17.8 Å². The summed E-state index contributed by atoms with van der Waals surface area (Å²) in [6, 6.07) is 19.3. The molecule has 3 N–H and O–H groups in total. The first-order valence-corrected chi connectivity index (χ1v) is 14.8. The number of anilines is 1. The van der Waals surface area contributed by atoms with Gasteiger partial charge in [-0.05, 0) is 68.5 Å². The Balaban J connectivity index is 1.34. The minimum atomic E-state index is -0.919. The van der Waals surface area contributed by atoms with Crippen LogP contribution in [0.4, 0.5) is 10.1 Å². The number of aliphatic hydroxyl groups is 1. The fourth-order valence-corrected chi connectivity index (χ4v) is 5.88. The molecular formula is C34H40FN3O4. The lowest BCUT2D eigenvalue weighted by Crippen LogP contribution is -2.50. The van der Waals surface area contributed by atoms with Crippen molar-refractivity contribution in [2.24, 2.45) is 0 Å². The predicted octanol–water partition coefficient (Wildman–Crippen LogP) is 5.11. The van der Waals surface area contributed by atoms with E-state index in [0.717, 1.165) is 29.7 Å². The SMILES string of the molecule is CCc1ccc2c(c1)[C@@H](NC[C@H](O)[C@H](Cc1ccccc1)NC(=O)c1ccc(F)c(N3CCCC3=O)c1)CC(C)(C)O2. The predicted molar refractivity (Wildman–Crippen MR) is 161 cm³/mol. The van der Waals surface area contributed by atoms with Gasteiger partial charge in [-0.3, -0.25) is 9.59 Å². The fraction of sp³-hybridized carbons (Fsp3) is 0.412. The number of hydrogen-bond donors (Lipinski definition) is 3. The van der Waals surface area contributed by atoms with Crippen LogP contribution in [0.15, 0.2) is 66.7 Å². The number of nitrogens with zero attached hydrogens (tertiary/aromatic N) is 1. The zero-order chi connectivity index (χ0) is 29.9. The zero-order valence-electron chi connectivity index (χ0n) is 24.5. The molecule has 7 nitrogen and oxygen atoms in total. The molecule has 2 aliphatic heterocycles. The normalized spacial score (nSPS) is 19.1. The number of hydrogen-bond acceptors (Lipinski definition) is 5. The van der Waals surface area contributed by atoms with E-state index in [-0.39, 0.29) is 35.3 Å². The summed E-state index contributed by atoms with van der Waals surface area (Å²) in [7, 11) is 0. The van der Waals surface area contributed by atoms with Crippen molar-refractivity contribution in [3.8, 4) is 5.75 Å². The first-order chi connectivity index (χ1) is 20.1. The van der Waals surface area contributed by atoms with E-state index in [1.165, 1.54) is 28.7 Å². The third-order valence-electron chi connectivity index (χ3n) is 8.17. The van der Waals surface area contributed by atoms with E-state index in [2.05, 4.69) is 43.5 Å². The van der Waals surface area contributed by atoms with Gasteiger partial charge in [-0.2, -0.15) is 0 Å². The Morgan fingerprint density at radius 2 is 1.90 bits per heavy atom. The van der Waals surface area contributed by atoms with E-state index >= 15 is 0 Å². The molecule has 8 heteroatoms. The molecule has 0 unspecified atom stereocenters. The molecule has 3 atom stereocenters. The number of carbonyl (C=O) groups is 2. The summed E-state index contributed by atoms with van der Waals surface area (Å²) in [6.07, 6.45) is 2.14. The van der Waals surface area contributed by atoms with E-state index in [1.807, 2.05) is 36.4 Å². The third kappa shape index (κ3) is 6.82. The number of aryl methyl sites for hydroxylation is 1. The molecule has 2 heterocycles. The van der Waals surface area contributed by atoms with Crippen molar-refractivity contribution in [3.63, 3.8) is 0 Å². The highest BCUT2D eigenvalue weighted by Crippen LogP contribution is 2.40. The van der Waals surface area contributed by atoms with Gasteiger partial charge >= 0.3 is 0 Å². The topological polar surface area (TPSA) is 90.9 Å². The maximum Gasteiger partial charge on any atom is 0.251 e. The summed E-state index contributed by atoms with van der Waals surface area (Å²) in [4.78, 5) is 27.1. The summed E-state index contributed by atoms with van der Waals surface area (Å²) in [5, 5.41) is 18.0. The monoisotopic (exact) mass is 573 g/mol. The molecule has 42 heavy (non-hydrogen) atoms. The highest BCUT2D eigenvalue weighted by atomic mass is 19.1. The molecule has 0 spiro atoms. The number of aliphatic hydroxyl groups excluding tert-OH is 1. The van der Waals surface area contributed by atoms with Gasteiger partial charge in [0.15, 0.2) is 0 Å². The largest absolute Gasteiger partial charge is 0.487 e. The van der Waals surface area contributed by atoms with Crippen LogP contribution in [-0.4, -0.2) is 47.8 Å². The van der Waals surface area contributed by atoms with E-state index < -0.39 is 23.9 Å². The van der Waals surface area contributed by atoms with Crippen molar-refractivity contribution in [1.29, 1.82) is 0 Å². The number of amides is 2. The van der Waals surface area contributed by atoms with Crippen molar-refractivity contribution >= 4 is 17.5 Å². The Morgan fingerprint density at radius 3 is 2.62 bits per heavy atom. The lowest BCUT2D eigenvalue weighted by molar-refractivity contribution is -0.117. The maximum absolute atomic E-state index is 14.6. The maximum atomic E-state index is 14.6. The average molecular weight is 574 g/mol. The quantitative estimate of drug-likeness (QED) is 0.314. The number of fused-ring (bicyclic) bond motifs is 1.